The van der Waals surface area contributed by atoms with Crippen molar-refractivity contribution in [3.05, 3.63) is 47.0 Å². The zero-order valence-electron chi connectivity index (χ0n) is 12.1. The summed E-state index contributed by atoms with van der Waals surface area (Å²) in [4.78, 5) is 24.2. The Bertz CT molecular complexity index is 861. The van der Waals surface area contributed by atoms with E-state index in [9.17, 15) is 9.59 Å². The second kappa shape index (κ2) is 7.05. The summed E-state index contributed by atoms with van der Waals surface area (Å²) in [7, 11) is 0. The third-order valence-corrected chi connectivity index (χ3v) is 4.02. The van der Waals surface area contributed by atoms with Crippen LogP contribution in [0.25, 0.3) is 10.8 Å². The normalized spacial score (nSPS) is 10.8. The third kappa shape index (κ3) is 3.75. The summed E-state index contributed by atoms with van der Waals surface area (Å²) in [6, 6.07) is 7.17. The number of fused-ring (bicyclic) bond motifs is 1. The van der Waals surface area contributed by atoms with Gasteiger partial charge in [0.2, 0.25) is 5.91 Å². The van der Waals surface area contributed by atoms with E-state index in [2.05, 4.69) is 25.8 Å². The average molecular weight is 330 g/mol. The number of hydrogen-bond acceptors (Lipinski definition) is 6. The Hall–Kier alpha value is -2.68. The van der Waals surface area contributed by atoms with Gasteiger partial charge in [0, 0.05) is 17.7 Å². The molecule has 2 N–H and O–H groups in total. The summed E-state index contributed by atoms with van der Waals surface area (Å²) in [6.07, 6.45) is 3.20. The molecule has 9 heteroatoms. The second-order valence-electron chi connectivity index (χ2n) is 4.70. The molecule has 0 aliphatic rings. The Balaban J connectivity index is 1.55. The molecule has 1 amide bonds. The highest BCUT2D eigenvalue weighted by Gasteiger charge is 2.08. The largest absolute Gasteiger partial charge is 0.354 e. The van der Waals surface area contributed by atoms with Gasteiger partial charge >= 0.3 is 0 Å². The van der Waals surface area contributed by atoms with Crippen molar-refractivity contribution in [3.8, 4) is 0 Å². The van der Waals surface area contributed by atoms with Crippen molar-refractivity contribution in [1.82, 2.24) is 30.5 Å². The standard InChI is InChI=1S/C14H14N6O2S/c21-12(15-5-6-23-13-8-16-19-18-13)9-20-14(22)11-4-2-1-3-10(11)7-17-20/h1-4,7-8H,5-6,9H2,(H,15,21)(H,16,18,19). The molecule has 8 nitrogen and oxygen atoms in total. The first-order valence-electron chi connectivity index (χ1n) is 6.94. The van der Waals surface area contributed by atoms with Crippen LogP contribution in [0.3, 0.4) is 0 Å². The molecule has 2 heterocycles. The number of aromatic amines is 1. The molecule has 0 fully saturated rings. The number of amides is 1. The molecule has 118 valence electrons. The lowest BCUT2D eigenvalue weighted by atomic mass is 10.2. The van der Waals surface area contributed by atoms with Gasteiger partial charge in [0.1, 0.15) is 11.6 Å². The van der Waals surface area contributed by atoms with Crippen LogP contribution in [-0.2, 0) is 11.3 Å². The van der Waals surface area contributed by atoms with Crippen molar-refractivity contribution in [2.24, 2.45) is 0 Å². The maximum Gasteiger partial charge on any atom is 0.275 e. The molecule has 2 aromatic heterocycles. The zero-order chi connectivity index (χ0) is 16.1. The van der Waals surface area contributed by atoms with Crippen molar-refractivity contribution in [2.45, 2.75) is 11.6 Å². The van der Waals surface area contributed by atoms with E-state index in [1.165, 1.54) is 16.4 Å². The second-order valence-corrected chi connectivity index (χ2v) is 5.82. The van der Waals surface area contributed by atoms with Crippen LogP contribution in [0.4, 0.5) is 0 Å². The van der Waals surface area contributed by atoms with Crippen molar-refractivity contribution < 1.29 is 4.79 Å². The minimum atomic E-state index is -0.268. The summed E-state index contributed by atoms with van der Waals surface area (Å²) >= 11 is 1.48. The Morgan fingerprint density at radius 2 is 2.17 bits per heavy atom. The lowest BCUT2D eigenvalue weighted by Crippen LogP contribution is -2.34. The molecular weight excluding hydrogens is 316 g/mol. The van der Waals surface area contributed by atoms with E-state index >= 15 is 0 Å². The molecule has 1 aromatic carbocycles. The van der Waals surface area contributed by atoms with Crippen LogP contribution in [-0.4, -0.2) is 43.4 Å². The third-order valence-electron chi connectivity index (χ3n) is 3.12. The van der Waals surface area contributed by atoms with Gasteiger partial charge in [-0.1, -0.05) is 18.2 Å². The van der Waals surface area contributed by atoms with Crippen LogP contribution in [0.15, 0.2) is 46.5 Å². The fourth-order valence-electron chi connectivity index (χ4n) is 2.04. The van der Waals surface area contributed by atoms with Gasteiger partial charge in [-0.15, -0.1) is 16.9 Å². The summed E-state index contributed by atoms with van der Waals surface area (Å²) in [5.74, 6) is 0.411. The molecule has 0 unspecified atom stereocenters. The summed E-state index contributed by atoms with van der Waals surface area (Å²) in [5.41, 5.74) is -0.268. The van der Waals surface area contributed by atoms with Crippen molar-refractivity contribution in [3.63, 3.8) is 0 Å². The molecule has 3 rings (SSSR count). The van der Waals surface area contributed by atoms with Crippen LogP contribution in [0.5, 0.6) is 0 Å². The number of aromatic nitrogens is 5. The number of benzene rings is 1. The SMILES string of the molecule is O=C(Cn1ncc2ccccc2c1=O)NCCSc1cn[nH]n1. The van der Waals surface area contributed by atoms with Gasteiger partial charge in [0.05, 0.1) is 17.8 Å². The predicted molar refractivity (Wildman–Crippen MR) is 86.1 cm³/mol. The monoisotopic (exact) mass is 330 g/mol. The van der Waals surface area contributed by atoms with Gasteiger partial charge in [0.15, 0.2) is 0 Å². The van der Waals surface area contributed by atoms with E-state index in [-0.39, 0.29) is 18.0 Å². The molecule has 0 saturated heterocycles. The Labute approximate surface area is 135 Å². The maximum atomic E-state index is 12.2. The Kier molecular flexibility index (Phi) is 4.67. The molecule has 0 radical (unpaired) electrons. The van der Waals surface area contributed by atoms with Crippen LogP contribution in [0.2, 0.25) is 0 Å². The molecule has 3 aromatic rings. The highest BCUT2D eigenvalue weighted by atomic mass is 32.2. The highest BCUT2D eigenvalue weighted by Crippen LogP contribution is 2.10. The van der Waals surface area contributed by atoms with Gasteiger partial charge in [-0.25, -0.2) is 4.68 Å². The van der Waals surface area contributed by atoms with E-state index in [0.717, 1.165) is 10.4 Å². The van der Waals surface area contributed by atoms with Gasteiger partial charge in [0.25, 0.3) is 5.56 Å². The topological polar surface area (TPSA) is 106 Å². The number of rotatable bonds is 6. The van der Waals surface area contributed by atoms with Gasteiger partial charge in [-0.05, 0) is 6.07 Å². The van der Waals surface area contributed by atoms with E-state index in [1.54, 1.807) is 24.5 Å². The molecule has 0 saturated carbocycles. The number of nitrogens with one attached hydrogen (secondary N) is 2. The minimum absolute atomic E-state index is 0.0989. The molecule has 0 bridgehead atoms. The lowest BCUT2D eigenvalue weighted by molar-refractivity contribution is -0.121. The fraction of sp³-hybridized carbons (Fsp3) is 0.214. The van der Waals surface area contributed by atoms with Crippen LogP contribution in [0, 0.1) is 0 Å². The first kappa shape index (κ1) is 15.2. The predicted octanol–water partition coefficient (Wildman–Crippen LogP) is 0.423. The van der Waals surface area contributed by atoms with E-state index in [0.29, 0.717) is 17.7 Å². The van der Waals surface area contributed by atoms with Crippen LogP contribution in [0.1, 0.15) is 0 Å². The summed E-state index contributed by atoms with van der Waals surface area (Å²) in [5, 5.41) is 19.0. The number of H-pyrrole nitrogens is 1. The molecule has 0 spiro atoms. The van der Waals surface area contributed by atoms with Gasteiger partial charge in [-0.2, -0.15) is 15.4 Å². The number of carbonyl (C=O) groups is 1. The maximum absolute atomic E-state index is 12.2. The van der Waals surface area contributed by atoms with Crippen LogP contribution >= 0.6 is 11.8 Å². The number of hydrogen-bond donors (Lipinski definition) is 2. The Morgan fingerprint density at radius 3 is 3.00 bits per heavy atom. The summed E-state index contributed by atoms with van der Waals surface area (Å²) < 4.78 is 1.17. The average Bonchev–Trinajstić information content (AvgIpc) is 3.08. The molecular formula is C14H14N6O2S. The number of thioether (sulfide) groups is 1. The highest BCUT2D eigenvalue weighted by molar-refractivity contribution is 7.99. The van der Waals surface area contributed by atoms with Crippen LogP contribution < -0.4 is 10.9 Å². The number of carbonyl (C=O) groups excluding carboxylic acids is 1. The van der Waals surface area contributed by atoms with Gasteiger partial charge < -0.3 is 5.32 Å². The first-order chi connectivity index (χ1) is 11.2. The molecule has 0 aliphatic carbocycles. The first-order valence-corrected chi connectivity index (χ1v) is 7.93. The molecule has 0 aliphatic heterocycles. The van der Waals surface area contributed by atoms with Crippen molar-refractivity contribution in [2.75, 3.05) is 12.3 Å². The summed E-state index contributed by atoms with van der Waals surface area (Å²) in [6.45, 7) is 0.372. The lowest BCUT2D eigenvalue weighted by Gasteiger charge is -2.07. The van der Waals surface area contributed by atoms with Crippen molar-refractivity contribution >= 4 is 28.4 Å². The number of nitrogens with zero attached hydrogens (tertiary/aromatic N) is 4. The Morgan fingerprint density at radius 1 is 1.30 bits per heavy atom. The van der Waals surface area contributed by atoms with E-state index < -0.39 is 0 Å². The molecule has 0 atom stereocenters. The smallest absolute Gasteiger partial charge is 0.275 e. The zero-order valence-corrected chi connectivity index (χ0v) is 12.9. The van der Waals surface area contributed by atoms with Crippen molar-refractivity contribution in [1.29, 1.82) is 0 Å². The quantitative estimate of drug-likeness (QED) is 0.501. The van der Waals surface area contributed by atoms with Gasteiger partial charge in [-0.3, -0.25) is 9.59 Å². The minimum Gasteiger partial charge on any atom is -0.354 e. The molecule has 23 heavy (non-hydrogen) atoms. The fourth-order valence-corrected chi connectivity index (χ4v) is 2.68. The van der Waals surface area contributed by atoms with E-state index in [1.807, 2.05) is 12.1 Å². The van der Waals surface area contributed by atoms with E-state index in [4.69, 9.17) is 0 Å².